The zero-order chi connectivity index (χ0) is 20.4. The molecule has 2 aromatic heterocycles. The van der Waals surface area contributed by atoms with Gasteiger partial charge in [0.25, 0.3) is 5.91 Å². The van der Waals surface area contributed by atoms with Crippen molar-refractivity contribution in [1.29, 1.82) is 0 Å². The van der Waals surface area contributed by atoms with Crippen LogP contribution in [0.3, 0.4) is 0 Å². The fourth-order valence-electron chi connectivity index (χ4n) is 3.70. The summed E-state index contributed by atoms with van der Waals surface area (Å²) in [6.07, 6.45) is 4.73. The van der Waals surface area contributed by atoms with E-state index in [2.05, 4.69) is 20.6 Å². The molecule has 1 aromatic carbocycles. The summed E-state index contributed by atoms with van der Waals surface area (Å²) in [5, 5.41) is 13.3. The molecule has 0 saturated carbocycles. The van der Waals surface area contributed by atoms with Gasteiger partial charge in [-0.05, 0) is 31.9 Å². The average molecular weight is 394 g/mol. The number of nitrogens with one attached hydrogen (secondary N) is 1. The maximum absolute atomic E-state index is 12.8. The molecule has 0 aliphatic carbocycles. The predicted octanol–water partition coefficient (Wildman–Crippen LogP) is 2.08. The van der Waals surface area contributed by atoms with Gasteiger partial charge in [0.15, 0.2) is 5.69 Å². The van der Waals surface area contributed by atoms with E-state index in [4.69, 9.17) is 4.74 Å². The number of benzene rings is 1. The number of methoxy groups -OCH3 is 1. The normalized spacial score (nSPS) is 16.6. The Kier molecular flexibility index (Phi) is 5.11. The first-order valence-corrected chi connectivity index (χ1v) is 9.47. The van der Waals surface area contributed by atoms with Crippen LogP contribution in [-0.4, -0.2) is 63.1 Å². The van der Waals surface area contributed by atoms with Gasteiger partial charge in [-0.25, -0.2) is 9.48 Å². The molecule has 2 amide bonds. The van der Waals surface area contributed by atoms with E-state index in [1.807, 2.05) is 31.2 Å². The van der Waals surface area contributed by atoms with Crippen LogP contribution in [0.15, 0.2) is 36.7 Å². The van der Waals surface area contributed by atoms with Gasteiger partial charge in [0.2, 0.25) is 0 Å². The molecule has 150 valence electrons. The zero-order valence-corrected chi connectivity index (χ0v) is 16.3. The van der Waals surface area contributed by atoms with Gasteiger partial charge in [-0.3, -0.25) is 9.78 Å². The van der Waals surface area contributed by atoms with Gasteiger partial charge in [-0.1, -0.05) is 17.3 Å². The molecule has 29 heavy (non-hydrogen) atoms. The van der Waals surface area contributed by atoms with Crippen molar-refractivity contribution in [3.63, 3.8) is 0 Å². The Hall–Kier alpha value is -3.49. The van der Waals surface area contributed by atoms with Crippen LogP contribution in [0.5, 0.6) is 0 Å². The Balaban J connectivity index is 1.55. The molecule has 0 bridgehead atoms. The summed E-state index contributed by atoms with van der Waals surface area (Å²) in [7, 11) is 1.36. The predicted molar refractivity (Wildman–Crippen MR) is 106 cm³/mol. The molecule has 0 unspecified atom stereocenters. The van der Waals surface area contributed by atoms with Crippen LogP contribution in [0.4, 0.5) is 4.79 Å². The van der Waals surface area contributed by atoms with Crippen molar-refractivity contribution >= 4 is 22.8 Å². The van der Waals surface area contributed by atoms with Crippen molar-refractivity contribution in [2.45, 2.75) is 25.8 Å². The van der Waals surface area contributed by atoms with Crippen molar-refractivity contribution in [3.05, 3.63) is 48.0 Å². The van der Waals surface area contributed by atoms with Crippen molar-refractivity contribution in [3.8, 4) is 5.69 Å². The number of fused-ring (bicyclic) bond motifs is 1. The van der Waals surface area contributed by atoms with Crippen molar-refractivity contribution in [2.75, 3.05) is 20.2 Å². The van der Waals surface area contributed by atoms with E-state index in [1.165, 1.54) is 7.11 Å². The number of piperidine rings is 1. The van der Waals surface area contributed by atoms with Crippen LogP contribution in [0.1, 0.15) is 29.0 Å². The fraction of sp³-hybridized carbons (Fsp3) is 0.350. The van der Waals surface area contributed by atoms with Crippen LogP contribution in [0.2, 0.25) is 0 Å². The van der Waals surface area contributed by atoms with Gasteiger partial charge in [-0.2, -0.15) is 0 Å². The molecule has 1 fully saturated rings. The van der Waals surface area contributed by atoms with Gasteiger partial charge in [0, 0.05) is 42.3 Å². The first kappa shape index (κ1) is 18.9. The van der Waals surface area contributed by atoms with Gasteiger partial charge >= 0.3 is 6.09 Å². The average Bonchev–Trinajstić information content (AvgIpc) is 3.14. The first-order chi connectivity index (χ1) is 14.1. The highest BCUT2D eigenvalue weighted by atomic mass is 16.5. The summed E-state index contributed by atoms with van der Waals surface area (Å²) in [4.78, 5) is 30.3. The SMILES string of the molecule is COC(=O)N1CCC[C@H](NC(=O)c2nnn(-c3cccc4cnccc34)c2C)C1. The lowest BCUT2D eigenvalue weighted by Crippen LogP contribution is -2.49. The number of hydrogen-bond acceptors (Lipinski definition) is 6. The Bertz CT molecular complexity index is 1060. The van der Waals surface area contributed by atoms with Gasteiger partial charge in [0.05, 0.1) is 18.5 Å². The van der Waals surface area contributed by atoms with E-state index < -0.39 is 0 Å². The quantitative estimate of drug-likeness (QED) is 0.730. The van der Waals surface area contributed by atoms with Gasteiger partial charge in [0.1, 0.15) is 0 Å². The Morgan fingerprint density at radius 2 is 2.14 bits per heavy atom. The highest BCUT2D eigenvalue weighted by molar-refractivity contribution is 5.94. The third kappa shape index (κ3) is 3.63. The van der Waals surface area contributed by atoms with E-state index in [-0.39, 0.29) is 23.7 Å². The number of carbonyl (C=O) groups excluding carboxylic acids is 2. The zero-order valence-electron chi connectivity index (χ0n) is 16.3. The fourth-order valence-corrected chi connectivity index (χ4v) is 3.70. The highest BCUT2D eigenvalue weighted by Crippen LogP contribution is 2.22. The number of pyridine rings is 1. The summed E-state index contributed by atoms with van der Waals surface area (Å²) in [5.41, 5.74) is 1.75. The second-order valence-corrected chi connectivity index (χ2v) is 7.04. The molecule has 9 heteroatoms. The lowest BCUT2D eigenvalue weighted by atomic mass is 10.1. The molecule has 1 saturated heterocycles. The van der Waals surface area contributed by atoms with Crippen molar-refractivity contribution in [2.24, 2.45) is 0 Å². The molecular formula is C20H22N6O3. The van der Waals surface area contributed by atoms with Gasteiger partial charge < -0.3 is 15.0 Å². The number of aromatic nitrogens is 4. The Morgan fingerprint density at radius 3 is 2.97 bits per heavy atom. The summed E-state index contributed by atoms with van der Waals surface area (Å²) in [5.74, 6) is -0.299. The van der Waals surface area contributed by atoms with E-state index in [0.717, 1.165) is 29.3 Å². The minimum Gasteiger partial charge on any atom is -0.453 e. The Labute approximate surface area is 167 Å². The topological polar surface area (TPSA) is 102 Å². The van der Waals surface area contributed by atoms with Crippen molar-refractivity contribution < 1.29 is 14.3 Å². The van der Waals surface area contributed by atoms with E-state index in [0.29, 0.717) is 18.8 Å². The minimum absolute atomic E-state index is 0.150. The molecule has 0 spiro atoms. The maximum atomic E-state index is 12.8. The number of rotatable bonds is 3. The Morgan fingerprint density at radius 1 is 1.28 bits per heavy atom. The van der Waals surface area contributed by atoms with Crippen LogP contribution < -0.4 is 5.32 Å². The molecule has 1 aliphatic heterocycles. The summed E-state index contributed by atoms with van der Waals surface area (Å²) in [6.45, 7) is 2.86. The lowest BCUT2D eigenvalue weighted by Gasteiger charge is -2.31. The molecule has 4 rings (SSSR count). The molecular weight excluding hydrogens is 372 g/mol. The molecule has 0 radical (unpaired) electrons. The second-order valence-electron chi connectivity index (χ2n) is 7.04. The molecule has 3 heterocycles. The smallest absolute Gasteiger partial charge is 0.409 e. The first-order valence-electron chi connectivity index (χ1n) is 9.47. The molecule has 1 aliphatic rings. The maximum Gasteiger partial charge on any atom is 0.409 e. The number of ether oxygens (including phenoxy) is 1. The molecule has 1 N–H and O–H groups in total. The lowest BCUT2D eigenvalue weighted by molar-refractivity contribution is 0.0860. The number of nitrogens with zero attached hydrogens (tertiary/aromatic N) is 5. The third-order valence-corrected chi connectivity index (χ3v) is 5.18. The van der Waals surface area contributed by atoms with Crippen molar-refractivity contribution in [1.82, 2.24) is 30.2 Å². The van der Waals surface area contributed by atoms with Crippen LogP contribution in [0, 0.1) is 6.92 Å². The van der Waals surface area contributed by atoms with Crippen LogP contribution in [-0.2, 0) is 4.74 Å². The van der Waals surface area contributed by atoms with Gasteiger partial charge in [-0.15, -0.1) is 5.10 Å². The number of likely N-dealkylation sites (tertiary alicyclic amines) is 1. The number of carbonyl (C=O) groups is 2. The standard InChI is InChI=1S/C20H22N6O3/c1-13-18(19(27)22-15-6-4-10-25(12-15)20(28)29-2)23-24-26(13)17-7-3-5-14-11-21-9-8-16(14)17/h3,5,7-9,11,15H,4,6,10,12H2,1-2H3,(H,22,27)/t15-/m0/s1. The second kappa shape index (κ2) is 7.86. The minimum atomic E-state index is -0.378. The third-order valence-electron chi connectivity index (χ3n) is 5.18. The summed E-state index contributed by atoms with van der Waals surface area (Å²) >= 11 is 0. The molecule has 1 atom stereocenters. The number of hydrogen-bond donors (Lipinski definition) is 1. The van der Waals surface area contributed by atoms with E-state index >= 15 is 0 Å². The van der Waals surface area contributed by atoms with E-state index in [1.54, 1.807) is 22.0 Å². The molecule has 9 nitrogen and oxygen atoms in total. The van der Waals surface area contributed by atoms with E-state index in [9.17, 15) is 9.59 Å². The molecule has 3 aromatic rings. The number of amides is 2. The largest absolute Gasteiger partial charge is 0.453 e. The highest BCUT2D eigenvalue weighted by Gasteiger charge is 2.27. The van der Waals surface area contributed by atoms with Crippen LogP contribution in [0.25, 0.3) is 16.5 Å². The van der Waals surface area contributed by atoms with Crippen LogP contribution >= 0.6 is 0 Å². The monoisotopic (exact) mass is 394 g/mol. The summed E-state index contributed by atoms with van der Waals surface area (Å²) in [6, 6.07) is 7.59. The summed E-state index contributed by atoms with van der Waals surface area (Å²) < 4.78 is 6.44.